The van der Waals surface area contributed by atoms with Gasteiger partial charge < -0.3 is 0 Å². The van der Waals surface area contributed by atoms with Gasteiger partial charge in [0.1, 0.15) is 6.33 Å². The smallest absolute Gasteiger partial charge is 0.262 e. The number of sulfonamides is 1. The van der Waals surface area contributed by atoms with Crippen LogP contribution in [-0.2, 0) is 10.0 Å². The first-order valence-corrected chi connectivity index (χ1v) is 11.6. The number of pyridine rings is 1. The number of hydrogen-bond acceptors (Lipinski definition) is 6. The summed E-state index contributed by atoms with van der Waals surface area (Å²) in [7, 11) is -3.74. The number of rotatable bonds is 3. The summed E-state index contributed by atoms with van der Waals surface area (Å²) in [5.74, 6) is 0.148. The molecule has 0 radical (unpaired) electrons. The van der Waals surface area contributed by atoms with Crippen molar-refractivity contribution in [1.82, 2.24) is 28.3 Å². The molecule has 0 amide bonds. The maximum absolute atomic E-state index is 13.2. The van der Waals surface area contributed by atoms with Gasteiger partial charge in [0.25, 0.3) is 10.0 Å². The molecule has 0 saturated carbocycles. The van der Waals surface area contributed by atoms with Crippen molar-refractivity contribution < 1.29 is 8.42 Å². The van der Waals surface area contributed by atoms with Crippen LogP contribution in [-0.4, -0.2) is 49.8 Å². The number of aromatic nitrogens is 5. The predicted octanol–water partition coefficient (Wildman–Crippen LogP) is 3.31. The number of halogens is 2. The summed E-state index contributed by atoms with van der Waals surface area (Å²) in [6.45, 7) is 0.763. The van der Waals surface area contributed by atoms with Crippen molar-refractivity contribution in [3.8, 4) is 0 Å². The summed E-state index contributed by atoms with van der Waals surface area (Å²) >= 11 is 13.9. The number of thiazole rings is 1. The Morgan fingerprint density at radius 1 is 1.21 bits per heavy atom. The Labute approximate surface area is 174 Å². The highest BCUT2D eigenvalue weighted by Crippen LogP contribution is 2.36. The molecule has 0 spiro atoms. The molecule has 1 saturated heterocycles. The molecule has 1 aliphatic rings. The maximum Gasteiger partial charge on any atom is 0.262 e. The van der Waals surface area contributed by atoms with Crippen LogP contribution >= 0.6 is 34.5 Å². The van der Waals surface area contributed by atoms with Crippen molar-refractivity contribution in [2.45, 2.75) is 23.8 Å². The molecular weight excluding hydrogens is 443 g/mol. The summed E-state index contributed by atoms with van der Waals surface area (Å²) < 4.78 is 31.0. The van der Waals surface area contributed by atoms with Gasteiger partial charge in [-0.3, -0.25) is 4.40 Å². The van der Waals surface area contributed by atoms with Crippen LogP contribution in [0, 0.1) is 0 Å². The topological polar surface area (TPSA) is 84.9 Å². The number of piperidine rings is 1. The van der Waals surface area contributed by atoms with Crippen LogP contribution in [0.5, 0.6) is 0 Å². The van der Waals surface area contributed by atoms with Gasteiger partial charge in [-0.25, -0.2) is 22.9 Å². The minimum absolute atomic E-state index is 0.00801. The first-order valence-electron chi connectivity index (χ1n) is 8.55. The zero-order valence-electron chi connectivity index (χ0n) is 14.4. The van der Waals surface area contributed by atoms with E-state index in [1.165, 1.54) is 26.4 Å². The standard InChI is InChI=1S/C16H14Cl2N6O2S2/c17-12-7-13-19-9-20-24(13)8-11(12)10-1-3-22(4-2-10)28(25,26)15-14(18)21-16-23(15)5-6-27-16/h5-10H,1-4H2. The first kappa shape index (κ1) is 18.3. The average molecular weight is 457 g/mol. The number of fused-ring (bicyclic) bond motifs is 2. The lowest BCUT2D eigenvalue weighted by Gasteiger charge is -2.31. The minimum Gasteiger partial charge on any atom is -0.279 e. The molecule has 0 aromatic carbocycles. The van der Waals surface area contributed by atoms with Crippen LogP contribution in [0.4, 0.5) is 0 Å². The van der Waals surface area contributed by atoms with Gasteiger partial charge in [0.05, 0.1) is 0 Å². The van der Waals surface area contributed by atoms with Gasteiger partial charge in [-0.05, 0) is 24.3 Å². The zero-order valence-corrected chi connectivity index (χ0v) is 17.5. The van der Waals surface area contributed by atoms with Crippen LogP contribution in [0.15, 0.2) is 35.2 Å². The van der Waals surface area contributed by atoms with E-state index in [4.69, 9.17) is 23.2 Å². The molecule has 28 heavy (non-hydrogen) atoms. The molecule has 1 fully saturated rings. The van der Waals surface area contributed by atoms with E-state index in [1.54, 1.807) is 22.2 Å². The van der Waals surface area contributed by atoms with Gasteiger partial charge in [0.15, 0.2) is 20.8 Å². The summed E-state index contributed by atoms with van der Waals surface area (Å²) in [6, 6.07) is 1.78. The Balaban J connectivity index is 1.41. The molecule has 5 rings (SSSR count). The van der Waals surface area contributed by atoms with Crippen LogP contribution < -0.4 is 0 Å². The van der Waals surface area contributed by atoms with Crippen molar-refractivity contribution in [3.63, 3.8) is 0 Å². The van der Waals surface area contributed by atoms with Crippen LogP contribution in [0.2, 0.25) is 10.2 Å². The quantitative estimate of drug-likeness (QED) is 0.471. The molecule has 0 bridgehead atoms. The molecule has 0 N–H and O–H groups in total. The van der Waals surface area contributed by atoms with Crippen molar-refractivity contribution in [3.05, 3.63) is 45.9 Å². The second-order valence-electron chi connectivity index (χ2n) is 6.58. The molecular formula is C16H14Cl2N6O2S2. The summed E-state index contributed by atoms with van der Waals surface area (Å²) in [6.07, 6.45) is 6.34. The number of hydrogen-bond donors (Lipinski definition) is 0. The third-order valence-electron chi connectivity index (χ3n) is 5.05. The van der Waals surface area contributed by atoms with Gasteiger partial charge in [-0.1, -0.05) is 23.2 Å². The normalized spacial score (nSPS) is 17.1. The van der Waals surface area contributed by atoms with E-state index in [0.717, 1.165) is 5.56 Å². The van der Waals surface area contributed by atoms with Gasteiger partial charge in [0.2, 0.25) is 0 Å². The molecule has 12 heteroatoms. The van der Waals surface area contributed by atoms with Crippen LogP contribution in [0.25, 0.3) is 10.6 Å². The van der Waals surface area contributed by atoms with E-state index in [0.29, 0.717) is 41.6 Å². The zero-order chi connectivity index (χ0) is 19.5. The monoisotopic (exact) mass is 456 g/mol. The third kappa shape index (κ3) is 2.82. The van der Waals surface area contributed by atoms with E-state index >= 15 is 0 Å². The van der Waals surface area contributed by atoms with E-state index in [2.05, 4.69) is 15.1 Å². The molecule has 4 aromatic rings. The molecule has 0 aliphatic carbocycles. The average Bonchev–Trinajstić information content (AvgIpc) is 3.36. The third-order valence-corrected chi connectivity index (χ3v) is 8.43. The fraction of sp³-hybridized carbons (Fsp3) is 0.312. The Morgan fingerprint density at radius 3 is 2.79 bits per heavy atom. The van der Waals surface area contributed by atoms with Gasteiger partial charge in [-0.2, -0.15) is 9.40 Å². The lowest BCUT2D eigenvalue weighted by molar-refractivity contribution is 0.318. The summed E-state index contributed by atoms with van der Waals surface area (Å²) in [4.78, 5) is 8.83. The summed E-state index contributed by atoms with van der Waals surface area (Å²) in [5, 5.41) is 6.60. The maximum atomic E-state index is 13.2. The van der Waals surface area contributed by atoms with Crippen LogP contribution in [0.3, 0.4) is 0 Å². The SMILES string of the molecule is O=S(=O)(c1c(Cl)nc2sccn12)N1CCC(c2cn3ncnc3cc2Cl)CC1. The molecule has 1 aliphatic heterocycles. The Kier molecular flexibility index (Phi) is 4.36. The fourth-order valence-corrected chi connectivity index (χ4v) is 6.83. The Bertz CT molecular complexity index is 1290. The van der Waals surface area contributed by atoms with Gasteiger partial charge in [0, 0.05) is 42.0 Å². The highest BCUT2D eigenvalue weighted by Gasteiger charge is 2.35. The van der Waals surface area contributed by atoms with E-state index in [9.17, 15) is 8.42 Å². The lowest BCUT2D eigenvalue weighted by atomic mass is 9.91. The second kappa shape index (κ2) is 6.67. The number of imidazole rings is 1. The minimum atomic E-state index is -3.74. The van der Waals surface area contributed by atoms with Crippen molar-refractivity contribution in [2.24, 2.45) is 0 Å². The highest BCUT2D eigenvalue weighted by molar-refractivity contribution is 7.89. The molecule has 146 valence electrons. The molecule has 0 unspecified atom stereocenters. The van der Waals surface area contributed by atoms with Crippen molar-refractivity contribution in [1.29, 1.82) is 0 Å². The second-order valence-corrected chi connectivity index (χ2v) is 10.1. The molecule has 0 atom stereocenters. The van der Waals surface area contributed by atoms with E-state index in [-0.39, 0.29) is 16.1 Å². The predicted molar refractivity (Wildman–Crippen MR) is 107 cm³/mol. The van der Waals surface area contributed by atoms with Crippen molar-refractivity contribution >= 4 is 55.2 Å². The lowest BCUT2D eigenvalue weighted by Crippen LogP contribution is -2.38. The van der Waals surface area contributed by atoms with Gasteiger partial charge >= 0.3 is 0 Å². The molecule has 4 aromatic heterocycles. The molecule has 8 nitrogen and oxygen atoms in total. The summed E-state index contributed by atoms with van der Waals surface area (Å²) in [5.41, 5.74) is 1.64. The van der Waals surface area contributed by atoms with Gasteiger partial charge in [-0.15, -0.1) is 11.3 Å². The first-order chi connectivity index (χ1) is 13.4. The molecule has 5 heterocycles. The Hall–Kier alpha value is -1.72. The Morgan fingerprint density at radius 2 is 2.00 bits per heavy atom. The van der Waals surface area contributed by atoms with E-state index in [1.807, 2.05) is 6.20 Å². The largest absolute Gasteiger partial charge is 0.279 e. The highest BCUT2D eigenvalue weighted by atomic mass is 35.5. The van der Waals surface area contributed by atoms with Crippen LogP contribution in [0.1, 0.15) is 24.3 Å². The van der Waals surface area contributed by atoms with Crippen molar-refractivity contribution in [2.75, 3.05) is 13.1 Å². The number of nitrogens with zero attached hydrogens (tertiary/aromatic N) is 6. The fourth-order valence-electron chi connectivity index (χ4n) is 3.65. The van der Waals surface area contributed by atoms with E-state index < -0.39 is 10.0 Å².